The Morgan fingerprint density at radius 2 is 1.11 bits per heavy atom. The molecule has 55 heavy (non-hydrogen) atoms. The summed E-state index contributed by atoms with van der Waals surface area (Å²) < 4.78 is 16.0. The van der Waals surface area contributed by atoms with E-state index in [9.17, 15) is 19.2 Å². The molecule has 0 aliphatic carbocycles. The number of ether oxygens (including phenoxy) is 3. The van der Waals surface area contributed by atoms with Crippen LogP contribution in [0.5, 0.6) is 5.75 Å². The Hall–Kier alpha value is -6.42. The van der Waals surface area contributed by atoms with Gasteiger partial charge in [0.1, 0.15) is 30.0 Å². The third-order valence-corrected chi connectivity index (χ3v) is 9.71. The quantitative estimate of drug-likeness (QED) is 0.0878. The molecule has 2 atom stereocenters. The van der Waals surface area contributed by atoms with Crippen LogP contribution in [0.1, 0.15) is 40.7 Å². The number of methoxy groups -OCH3 is 2. The van der Waals surface area contributed by atoms with Crippen LogP contribution in [0, 0.1) is 0 Å². The van der Waals surface area contributed by atoms with E-state index >= 15 is 0 Å². The molecule has 0 saturated heterocycles. The monoisotopic (exact) mass is 741 g/mol. The van der Waals surface area contributed by atoms with Crippen molar-refractivity contribution < 1.29 is 33.4 Å². The second-order valence-electron chi connectivity index (χ2n) is 13.1. The van der Waals surface area contributed by atoms with Crippen LogP contribution in [0.2, 0.25) is 0 Å². The Morgan fingerprint density at radius 3 is 1.58 bits per heavy atom. The van der Waals surface area contributed by atoms with Crippen LogP contribution in [0.25, 0.3) is 0 Å². The van der Waals surface area contributed by atoms with Crippen LogP contribution in [-0.2, 0) is 42.4 Å². The van der Waals surface area contributed by atoms with Crippen molar-refractivity contribution in [3.05, 3.63) is 173 Å². The Kier molecular flexibility index (Phi) is 13.8. The molecule has 1 N–H and O–H groups in total. The molecule has 0 heterocycles. The van der Waals surface area contributed by atoms with E-state index in [-0.39, 0.29) is 31.8 Å². The first kappa shape index (κ1) is 39.8. The zero-order valence-electron chi connectivity index (χ0n) is 31.6. The zero-order chi connectivity index (χ0) is 39.2. The number of hydrogen-bond acceptors (Lipinski definition) is 7. The molecule has 5 aromatic carbocycles. The topological polar surface area (TPSA) is 114 Å². The highest BCUT2D eigenvalue weighted by molar-refractivity contribution is 5.90. The average molecular weight is 742 g/mol. The van der Waals surface area contributed by atoms with E-state index in [4.69, 9.17) is 14.2 Å². The van der Waals surface area contributed by atoms with Gasteiger partial charge in [0.15, 0.2) is 0 Å². The summed E-state index contributed by atoms with van der Waals surface area (Å²) in [5, 5.41) is 3.33. The van der Waals surface area contributed by atoms with Gasteiger partial charge in [-0.05, 0) is 46.4 Å². The molecule has 284 valence electrons. The maximum atomic E-state index is 14.5. The molecule has 0 aliphatic heterocycles. The van der Waals surface area contributed by atoms with Crippen LogP contribution in [0.4, 0.5) is 4.79 Å². The normalized spacial score (nSPS) is 12.1. The van der Waals surface area contributed by atoms with E-state index in [1.165, 1.54) is 31.0 Å². The van der Waals surface area contributed by atoms with Crippen molar-refractivity contribution in [2.45, 2.75) is 43.5 Å². The number of benzene rings is 5. The van der Waals surface area contributed by atoms with Gasteiger partial charge < -0.3 is 24.4 Å². The van der Waals surface area contributed by atoms with Gasteiger partial charge in [-0.25, -0.2) is 9.59 Å². The summed E-state index contributed by atoms with van der Waals surface area (Å²) in [6.45, 7) is -0.0166. The van der Waals surface area contributed by atoms with Gasteiger partial charge in [-0.2, -0.15) is 0 Å². The molecule has 0 radical (unpaired) electrons. The summed E-state index contributed by atoms with van der Waals surface area (Å²) >= 11 is 0. The number of rotatable bonds is 16. The predicted octanol–water partition coefficient (Wildman–Crippen LogP) is 6.76. The summed E-state index contributed by atoms with van der Waals surface area (Å²) in [4.78, 5) is 58.0. The van der Waals surface area contributed by atoms with Gasteiger partial charge in [0.05, 0.1) is 14.2 Å². The van der Waals surface area contributed by atoms with Crippen molar-refractivity contribution >= 4 is 23.9 Å². The lowest BCUT2D eigenvalue weighted by atomic mass is 9.77. The van der Waals surface area contributed by atoms with Gasteiger partial charge in [-0.3, -0.25) is 14.5 Å². The molecule has 3 amide bonds. The van der Waals surface area contributed by atoms with E-state index in [1.54, 1.807) is 31.4 Å². The van der Waals surface area contributed by atoms with Gasteiger partial charge in [0.2, 0.25) is 11.8 Å². The molecule has 10 heteroatoms. The minimum Gasteiger partial charge on any atom is -0.497 e. The molecule has 5 rings (SSSR count). The Balaban J connectivity index is 1.45. The lowest BCUT2D eigenvalue weighted by Crippen LogP contribution is -2.54. The number of likely N-dealkylation sites (N-methyl/N-ethyl adjacent to an activating group) is 2. The second-order valence-corrected chi connectivity index (χ2v) is 13.1. The molecule has 0 bridgehead atoms. The lowest BCUT2D eigenvalue weighted by Gasteiger charge is -2.37. The number of amides is 3. The number of esters is 1. The molecule has 0 unspecified atom stereocenters. The third-order valence-electron chi connectivity index (χ3n) is 9.71. The van der Waals surface area contributed by atoms with E-state index in [0.29, 0.717) is 5.75 Å². The Morgan fingerprint density at radius 1 is 0.618 bits per heavy atom. The van der Waals surface area contributed by atoms with Crippen molar-refractivity contribution in [2.75, 3.05) is 28.3 Å². The average Bonchev–Trinajstić information content (AvgIpc) is 3.24. The standard InChI is InChI=1S/C45H47N3O7/c1-47(40(43(51)54-4)31-33-25-27-38(53-3)28-26-33)42(50)39(48(2)44(52)55-32-34-17-9-5-10-18-34)29-30-41(49)46-45(35-19-11-6-12-20-35,36-21-13-7-14-22-36)37-23-15-8-16-24-37/h5-28,39-40H,29-32H2,1-4H3,(H,46,49)/t39-,40-/m0/s1. The summed E-state index contributed by atoms with van der Waals surface area (Å²) in [5.41, 5.74) is 2.98. The van der Waals surface area contributed by atoms with Crippen molar-refractivity contribution in [1.82, 2.24) is 15.1 Å². The van der Waals surface area contributed by atoms with E-state index in [1.807, 2.05) is 121 Å². The largest absolute Gasteiger partial charge is 0.497 e. The molecular formula is C45H47N3O7. The van der Waals surface area contributed by atoms with E-state index in [0.717, 1.165) is 27.8 Å². The first-order valence-corrected chi connectivity index (χ1v) is 18.1. The van der Waals surface area contributed by atoms with Gasteiger partial charge >= 0.3 is 12.1 Å². The maximum absolute atomic E-state index is 14.5. The number of nitrogens with one attached hydrogen (secondary N) is 1. The van der Waals surface area contributed by atoms with Crippen molar-refractivity contribution in [1.29, 1.82) is 0 Å². The predicted molar refractivity (Wildman–Crippen MR) is 210 cm³/mol. The van der Waals surface area contributed by atoms with Crippen molar-refractivity contribution in [3.8, 4) is 5.75 Å². The van der Waals surface area contributed by atoms with E-state index in [2.05, 4.69) is 5.32 Å². The van der Waals surface area contributed by atoms with Gasteiger partial charge in [0, 0.05) is 26.9 Å². The Labute approximate surface area is 322 Å². The van der Waals surface area contributed by atoms with Crippen molar-refractivity contribution in [2.24, 2.45) is 0 Å². The summed E-state index contributed by atoms with van der Waals surface area (Å²) in [5.74, 6) is -0.898. The lowest BCUT2D eigenvalue weighted by molar-refractivity contribution is -0.153. The van der Waals surface area contributed by atoms with Gasteiger partial charge in [-0.1, -0.05) is 133 Å². The molecule has 10 nitrogen and oxygen atoms in total. The van der Waals surface area contributed by atoms with Gasteiger partial charge in [0.25, 0.3) is 0 Å². The van der Waals surface area contributed by atoms with Gasteiger partial charge in [-0.15, -0.1) is 0 Å². The van der Waals surface area contributed by atoms with Crippen LogP contribution >= 0.6 is 0 Å². The third kappa shape index (κ3) is 9.77. The first-order chi connectivity index (χ1) is 26.7. The minimum absolute atomic E-state index is 0.0166. The molecule has 0 saturated carbocycles. The maximum Gasteiger partial charge on any atom is 0.410 e. The zero-order valence-corrected chi connectivity index (χ0v) is 31.6. The van der Waals surface area contributed by atoms with Crippen LogP contribution in [0.3, 0.4) is 0 Å². The fourth-order valence-corrected chi connectivity index (χ4v) is 6.64. The smallest absolute Gasteiger partial charge is 0.410 e. The molecule has 0 spiro atoms. The highest BCUT2D eigenvalue weighted by atomic mass is 16.6. The van der Waals surface area contributed by atoms with Crippen molar-refractivity contribution in [3.63, 3.8) is 0 Å². The first-order valence-electron chi connectivity index (χ1n) is 18.1. The molecule has 0 aromatic heterocycles. The summed E-state index contributed by atoms with van der Waals surface area (Å²) in [7, 11) is 5.77. The highest BCUT2D eigenvalue weighted by Crippen LogP contribution is 2.37. The number of carbonyl (C=O) groups excluding carboxylic acids is 4. The minimum atomic E-state index is -1.18. The Bertz CT molecular complexity index is 1900. The van der Waals surface area contributed by atoms with Crippen LogP contribution in [-0.4, -0.2) is 74.1 Å². The molecule has 5 aromatic rings. The summed E-state index contributed by atoms with van der Waals surface area (Å²) in [6, 6.07) is 43.2. The SMILES string of the molecule is COC(=O)[C@H](Cc1ccc(OC)cc1)N(C)C(=O)[C@H](CCC(=O)NC(c1ccccc1)(c1ccccc1)c1ccccc1)N(C)C(=O)OCc1ccccc1. The highest BCUT2D eigenvalue weighted by Gasteiger charge is 2.40. The molecular weight excluding hydrogens is 695 g/mol. The fourth-order valence-electron chi connectivity index (χ4n) is 6.64. The van der Waals surface area contributed by atoms with Crippen LogP contribution in [0.15, 0.2) is 146 Å². The molecule has 0 aliphatic rings. The van der Waals surface area contributed by atoms with Crippen LogP contribution < -0.4 is 10.1 Å². The summed E-state index contributed by atoms with van der Waals surface area (Å²) in [6.07, 6.45) is -0.831. The van der Waals surface area contributed by atoms with E-state index < -0.39 is 35.6 Å². The fraction of sp³-hybridized carbons (Fsp3) is 0.244. The number of hydrogen-bond donors (Lipinski definition) is 1. The second kappa shape index (κ2) is 19.1. The molecule has 0 fully saturated rings. The number of nitrogens with zero attached hydrogens (tertiary/aromatic N) is 2. The number of carbonyl (C=O) groups is 4.